The first-order chi connectivity index (χ1) is 8.65. The zero-order chi connectivity index (χ0) is 12.7. The monoisotopic (exact) mass is 262 g/mol. The average Bonchev–Trinajstić information content (AvgIpc) is 2.49. The van der Waals surface area contributed by atoms with Crippen LogP contribution in [0.3, 0.4) is 0 Å². The maximum Gasteiger partial charge on any atom is 0.149 e. The van der Waals surface area contributed by atoms with E-state index in [4.69, 9.17) is 16.3 Å². The third kappa shape index (κ3) is 1.77. The summed E-state index contributed by atoms with van der Waals surface area (Å²) in [6.07, 6.45) is 1.38. The summed E-state index contributed by atoms with van der Waals surface area (Å²) in [5, 5.41) is 19.9. The summed E-state index contributed by atoms with van der Waals surface area (Å²) in [6.45, 7) is 0. The fraction of sp³-hybridized carbons (Fsp3) is 0.143. The predicted molar refractivity (Wildman–Crippen MR) is 68.7 cm³/mol. The van der Waals surface area contributed by atoms with Crippen molar-refractivity contribution in [1.29, 1.82) is 0 Å². The largest absolute Gasteiger partial charge is 0.508 e. The van der Waals surface area contributed by atoms with Crippen LogP contribution in [0.25, 0.3) is 0 Å². The third-order valence-electron chi connectivity index (χ3n) is 3.08. The summed E-state index contributed by atoms with van der Waals surface area (Å²) < 4.78 is 5.74. The van der Waals surface area contributed by atoms with Crippen LogP contribution in [0.2, 0.25) is 5.02 Å². The van der Waals surface area contributed by atoms with Crippen molar-refractivity contribution in [2.24, 2.45) is 0 Å². The van der Waals surface area contributed by atoms with Crippen LogP contribution in [-0.2, 0) is 12.8 Å². The molecule has 0 radical (unpaired) electrons. The summed E-state index contributed by atoms with van der Waals surface area (Å²) in [4.78, 5) is 0. The lowest BCUT2D eigenvalue weighted by Crippen LogP contribution is -1.89. The number of hydrogen-bond donors (Lipinski definition) is 2. The Morgan fingerprint density at radius 3 is 2.78 bits per heavy atom. The van der Waals surface area contributed by atoms with Gasteiger partial charge >= 0.3 is 0 Å². The third-order valence-corrected chi connectivity index (χ3v) is 3.37. The zero-order valence-electron chi connectivity index (χ0n) is 9.48. The Morgan fingerprint density at radius 1 is 1.11 bits per heavy atom. The number of fused-ring (bicyclic) bond motifs is 2. The van der Waals surface area contributed by atoms with Crippen LogP contribution in [0, 0.1) is 0 Å². The van der Waals surface area contributed by atoms with E-state index >= 15 is 0 Å². The first-order valence-corrected chi connectivity index (χ1v) is 6.03. The van der Waals surface area contributed by atoms with Crippen LogP contribution in [0.4, 0.5) is 0 Å². The minimum Gasteiger partial charge on any atom is -0.508 e. The topological polar surface area (TPSA) is 49.7 Å². The Morgan fingerprint density at radius 2 is 1.94 bits per heavy atom. The van der Waals surface area contributed by atoms with E-state index in [9.17, 15) is 10.2 Å². The summed E-state index contributed by atoms with van der Waals surface area (Å²) >= 11 is 6.11. The minimum atomic E-state index is -0.0262. The fourth-order valence-corrected chi connectivity index (χ4v) is 2.43. The molecule has 2 aromatic carbocycles. The lowest BCUT2D eigenvalue weighted by atomic mass is 10.0. The van der Waals surface area contributed by atoms with Crippen molar-refractivity contribution in [2.75, 3.05) is 0 Å². The summed E-state index contributed by atoms with van der Waals surface area (Å²) in [6, 6.07) is 8.39. The second-order valence-corrected chi connectivity index (χ2v) is 4.68. The van der Waals surface area contributed by atoms with Crippen LogP contribution in [-0.4, -0.2) is 10.2 Å². The molecule has 2 aromatic rings. The van der Waals surface area contributed by atoms with E-state index in [0.29, 0.717) is 28.5 Å². The summed E-state index contributed by atoms with van der Waals surface area (Å²) in [5.41, 5.74) is 1.69. The normalized spacial score (nSPS) is 13.2. The molecule has 0 amide bonds. The second-order valence-electron chi connectivity index (χ2n) is 4.27. The first kappa shape index (κ1) is 11.2. The van der Waals surface area contributed by atoms with E-state index in [0.717, 1.165) is 12.0 Å². The molecule has 1 aliphatic rings. The van der Waals surface area contributed by atoms with Crippen molar-refractivity contribution in [3.05, 3.63) is 46.5 Å². The highest BCUT2D eigenvalue weighted by Gasteiger charge is 2.20. The SMILES string of the molecule is Oc1cc(O)c2c(c1)Oc1c(Cl)cccc1CC2. The molecule has 0 saturated heterocycles. The van der Waals surface area contributed by atoms with Gasteiger partial charge < -0.3 is 14.9 Å². The van der Waals surface area contributed by atoms with Gasteiger partial charge in [0.25, 0.3) is 0 Å². The fourth-order valence-electron chi connectivity index (χ4n) is 2.19. The molecule has 0 unspecified atom stereocenters. The molecule has 0 aromatic heterocycles. The average molecular weight is 263 g/mol. The molecule has 3 rings (SSSR count). The van der Waals surface area contributed by atoms with Gasteiger partial charge in [-0.1, -0.05) is 23.7 Å². The second kappa shape index (κ2) is 4.10. The van der Waals surface area contributed by atoms with Gasteiger partial charge in [-0.05, 0) is 24.5 Å². The number of aromatic hydroxyl groups is 2. The van der Waals surface area contributed by atoms with Gasteiger partial charge in [0.15, 0.2) is 0 Å². The van der Waals surface area contributed by atoms with Crippen molar-refractivity contribution in [3.8, 4) is 23.0 Å². The Labute approximate surface area is 109 Å². The van der Waals surface area contributed by atoms with Crippen molar-refractivity contribution in [2.45, 2.75) is 12.8 Å². The molecular formula is C14H11ClO3. The van der Waals surface area contributed by atoms with E-state index in [2.05, 4.69) is 0 Å². The van der Waals surface area contributed by atoms with E-state index in [1.165, 1.54) is 12.1 Å². The predicted octanol–water partition coefficient (Wildman–Crippen LogP) is 3.64. The van der Waals surface area contributed by atoms with Crippen LogP contribution >= 0.6 is 11.6 Å². The Hall–Kier alpha value is -1.87. The van der Waals surface area contributed by atoms with Crippen molar-refractivity contribution in [3.63, 3.8) is 0 Å². The number of ether oxygens (including phenoxy) is 1. The maximum atomic E-state index is 9.84. The van der Waals surface area contributed by atoms with Crippen LogP contribution < -0.4 is 4.74 Å². The Kier molecular flexibility index (Phi) is 2.56. The van der Waals surface area contributed by atoms with Crippen LogP contribution in [0.15, 0.2) is 30.3 Å². The highest BCUT2D eigenvalue weighted by Crippen LogP contribution is 2.42. The summed E-state index contributed by atoms with van der Waals surface area (Å²) in [5.74, 6) is 1.08. The van der Waals surface area contributed by atoms with Crippen LogP contribution in [0.1, 0.15) is 11.1 Å². The van der Waals surface area contributed by atoms with Gasteiger partial charge in [-0.3, -0.25) is 0 Å². The van der Waals surface area contributed by atoms with Gasteiger partial charge in [-0.25, -0.2) is 0 Å². The van der Waals surface area contributed by atoms with E-state index in [-0.39, 0.29) is 11.5 Å². The number of phenols is 2. The van der Waals surface area contributed by atoms with E-state index in [1.54, 1.807) is 6.07 Å². The smallest absolute Gasteiger partial charge is 0.149 e. The van der Waals surface area contributed by atoms with Gasteiger partial charge in [0, 0.05) is 17.7 Å². The Bertz CT molecular complexity index is 623. The van der Waals surface area contributed by atoms with Gasteiger partial charge in [0.2, 0.25) is 0 Å². The molecule has 18 heavy (non-hydrogen) atoms. The van der Waals surface area contributed by atoms with Crippen molar-refractivity contribution < 1.29 is 14.9 Å². The minimum absolute atomic E-state index is 0.0262. The molecule has 1 aliphatic heterocycles. The molecule has 0 atom stereocenters. The number of halogens is 1. The first-order valence-electron chi connectivity index (χ1n) is 5.65. The standard InChI is InChI=1S/C14H11ClO3/c15-11-3-1-2-8-4-5-10-12(17)6-9(16)7-13(10)18-14(8)11/h1-3,6-7,16-17H,4-5H2. The van der Waals surface area contributed by atoms with Gasteiger partial charge in [-0.2, -0.15) is 0 Å². The molecule has 0 spiro atoms. The summed E-state index contributed by atoms with van der Waals surface area (Å²) in [7, 11) is 0. The molecule has 92 valence electrons. The van der Waals surface area contributed by atoms with Crippen LogP contribution in [0.5, 0.6) is 23.0 Å². The molecule has 0 aliphatic carbocycles. The zero-order valence-corrected chi connectivity index (χ0v) is 10.2. The number of aryl methyl sites for hydroxylation is 1. The van der Waals surface area contributed by atoms with E-state index in [1.807, 2.05) is 12.1 Å². The molecule has 4 heteroatoms. The number of phenolic OH excluding ortho intramolecular Hbond substituents is 2. The molecule has 0 fully saturated rings. The quantitative estimate of drug-likeness (QED) is 0.762. The molecular weight excluding hydrogens is 252 g/mol. The lowest BCUT2D eigenvalue weighted by Gasteiger charge is -2.11. The maximum absolute atomic E-state index is 9.84. The highest BCUT2D eigenvalue weighted by molar-refractivity contribution is 6.32. The number of para-hydroxylation sites is 1. The molecule has 1 heterocycles. The Balaban J connectivity index is 2.17. The molecule has 2 N–H and O–H groups in total. The van der Waals surface area contributed by atoms with Gasteiger partial charge in [0.05, 0.1) is 5.02 Å². The van der Waals surface area contributed by atoms with Gasteiger partial charge in [0.1, 0.15) is 23.0 Å². The number of rotatable bonds is 0. The van der Waals surface area contributed by atoms with E-state index < -0.39 is 0 Å². The highest BCUT2D eigenvalue weighted by atomic mass is 35.5. The van der Waals surface area contributed by atoms with Crippen molar-refractivity contribution >= 4 is 11.6 Å². The van der Waals surface area contributed by atoms with Crippen molar-refractivity contribution in [1.82, 2.24) is 0 Å². The van der Waals surface area contributed by atoms with Gasteiger partial charge in [-0.15, -0.1) is 0 Å². The molecule has 0 saturated carbocycles. The number of hydrogen-bond acceptors (Lipinski definition) is 3. The lowest BCUT2D eigenvalue weighted by molar-refractivity contribution is 0.427. The number of benzene rings is 2. The molecule has 3 nitrogen and oxygen atoms in total. The molecule has 0 bridgehead atoms.